The van der Waals surface area contributed by atoms with E-state index in [9.17, 15) is 0 Å². The van der Waals surface area contributed by atoms with Gasteiger partial charge in [-0.15, -0.1) is 0 Å². The van der Waals surface area contributed by atoms with E-state index >= 15 is 0 Å². The summed E-state index contributed by atoms with van der Waals surface area (Å²) < 4.78 is 12.2. The molecule has 94 heavy (non-hydrogen) atoms. The molecule has 17 aromatic rings. The van der Waals surface area contributed by atoms with Crippen molar-refractivity contribution in [2.45, 2.75) is 11.8 Å². The summed E-state index contributed by atoms with van der Waals surface area (Å²) in [5.74, 6) is 3.90. The van der Waals surface area contributed by atoms with E-state index in [2.05, 4.69) is 218 Å². The van der Waals surface area contributed by atoms with Crippen molar-refractivity contribution in [1.82, 2.24) is 29.9 Å². The fourth-order valence-corrected chi connectivity index (χ4v) is 14.3. The molecule has 0 N–H and O–H groups in total. The Hall–Kier alpha value is -12.5. The molecule has 2 bridgehead atoms. The number of rotatable bonds is 10. The number of aromatic nitrogens is 6. The van der Waals surface area contributed by atoms with Gasteiger partial charge in [-0.25, -0.2) is 29.9 Å². The van der Waals surface area contributed by atoms with E-state index in [1.807, 2.05) is 84.9 Å². The van der Waals surface area contributed by atoms with E-state index in [1.54, 1.807) is 0 Å². The van der Waals surface area contributed by atoms with Crippen molar-refractivity contribution in [3.05, 3.63) is 337 Å². The lowest BCUT2D eigenvalue weighted by atomic mass is 9.60. The summed E-state index contributed by atoms with van der Waals surface area (Å²) in [6, 6.07) is 107. The number of para-hydroxylation sites is 2. The third kappa shape index (κ3) is 9.06. The van der Waals surface area contributed by atoms with Gasteiger partial charge in [0.05, 0.1) is 0 Å². The lowest BCUT2D eigenvalue weighted by Crippen LogP contribution is -2.27. The first-order valence-electron chi connectivity index (χ1n) is 31.8. The molecule has 3 aliphatic carbocycles. The fourth-order valence-electron chi connectivity index (χ4n) is 14.3. The topological polar surface area (TPSA) is 104 Å². The first-order valence-corrected chi connectivity index (χ1v) is 31.8. The van der Waals surface area contributed by atoms with Crippen LogP contribution < -0.4 is 0 Å². The Balaban J connectivity index is 0.606. The molecule has 0 saturated heterocycles. The molecule has 0 fully saturated rings. The van der Waals surface area contributed by atoms with Crippen LogP contribution in [0.4, 0.5) is 0 Å². The van der Waals surface area contributed by atoms with Crippen LogP contribution in [-0.2, 0) is 0 Å². The number of benzene rings is 13. The molecule has 3 aliphatic rings. The molecule has 8 nitrogen and oxygen atoms in total. The maximum atomic E-state index is 6.12. The van der Waals surface area contributed by atoms with Crippen LogP contribution in [0.1, 0.15) is 45.2 Å². The third-order valence-corrected chi connectivity index (χ3v) is 19.0. The highest BCUT2D eigenvalue weighted by atomic mass is 16.3. The van der Waals surface area contributed by atoms with Gasteiger partial charge in [0, 0.05) is 66.8 Å². The van der Waals surface area contributed by atoms with Crippen LogP contribution in [0.2, 0.25) is 0 Å². The molecule has 8 heteroatoms. The van der Waals surface area contributed by atoms with Crippen LogP contribution in [0, 0.1) is 0 Å². The Morgan fingerprint density at radius 3 is 0.766 bits per heavy atom. The molecule has 0 radical (unpaired) electrons. The largest absolute Gasteiger partial charge is 0.456 e. The summed E-state index contributed by atoms with van der Waals surface area (Å²) >= 11 is 0. The molecular formula is C86H52N6O2. The molecule has 2 atom stereocenters. The SMILES string of the molecule is c1ccc(-c2nc(-c3ccc(-c4ccc5c(c4)C4c6ccccc6C5c5cc(-c6ccc(-c7nc(-c8ccccc8)nc(-c8ccc(-c9ccc%10oc%11ccccc%11c%10c9)cc8)n7)cc6)ccc54)cc3)nc(-c3ccc(-c4ccc5oc6ccccc6c5c4)cc3)n2)cc1. The summed E-state index contributed by atoms with van der Waals surface area (Å²) in [7, 11) is 0. The van der Waals surface area contributed by atoms with Crippen molar-refractivity contribution in [1.29, 1.82) is 0 Å². The second-order valence-corrected chi connectivity index (χ2v) is 24.5. The molecule has 20 rings (SSSR count). The van der Waals surface area contributed by atoms with E-state index < -0.39 is 0 Å². The zero-order valence-electron chi connectivity index (χ0n) is 50.5. The highest BCUT2D eigenvalue weighted by Crippen LogP contribution is 2.57. The van der Waals surface area contributed by atoms with Gasteiger partial charge in [0.15, 0.2) is 34.9 Å². The first kappa shape index (κ1) is 53.3. The van der Waals surface area contributed by atoms with Crippen molar-refractivity contribution in [3.63, 3.8) is 0 Å². The Morgan fingerprint density at radius 2 is 0.415 bits per heavy atom. The lowest BCUT2D eigenvalue weighted by Gasteiger charge is -2.42. The van der Waals surface area contributed by atoms with E-state index in [4.69, 9.17) is 38.7 Å². The number of hydrogen-bond acceptors (Lipinski definition) is 8. The Morgan fingerprint density at radius 1 is 0.170 bits per heavy atom. The van der Waals surface area contributed by atoms with Crippen LogP contribution in [0.15, 0.2) is 312 Å². The highest BCUT2D eigenvalue weighted by molar-refractivity contribution is 6.07. The quantitative estimate of drug-likeness (QED) is 0.133. The zero-order valence-corrected chi connectivity index (χ0v) is 50.5. The predicted octanol–water partition coefficient (Wildman–Crippen LogP) is 21.5. The van der Waals surface area contributed by atoms with Gasteiger partial charge in [0.25, 0.3) is 0 Å². The molecule has 0 aliphatic heterocycles. The standard InChI is InChI=1S/C86H52N6O2/c1-3-13-55(14-4-1)81-87-83(91-85(89-81)59-35-27-53(28-36-59)63-41-45-77-71(47-63)65-17-9-11-21-75(65)93-77)57-31-23-51(24-32-57)61-39-43-69-73(49-61)79-67-19-7-8-20-68(67)80(69)74-50-62(40-44-70(74)79)52-25-33-58(34-26-52)84-88-82(56-15-5-2-6-16-56)90-86(92-84)60-37-29-54(30-38-60)64-42-46-78-72(48-64)66-18-10-12-22-76(66)94-78/h1-50,79-80H. The molecule has 13 aromatic carbocycles. The van der Waals surface area contributed by atoms with E-state index in [1.165, 1.54) is 44.5 Å². The number of fused-ring (bicyclic) bond motifs is 6. The van der Waals surface area contributed by atoms with Crippen molar-refractivity contribution < 1.29 is 8.83 Å². The zero-order chi connectivity index (χ0) is 61.8. The highest BCUT2D eigenvalue weighted by Gasteiger charge is 2.41. The summed E-state index contributed by atoms with van der Waals surface area (Å²) in [5, 5.41) is 4.42. The minimum atomic E-state index is 0.0942. The summed E-state index contributed by atoms with van der Waals surface area (Å²) in [5.41, 5.74) is 26.2. The molecule has 4 heterocycles. The third-order valence-electron chi connectivity index (χ3n) is 19.0. The average Bonchev–Trinajstić information content (AvgIpc) is 1.03. The average molecular weight is 1200 g/mol. The summed E-state index contributed by atoms with van der Waals surface area (Å²) in [4.78, 5) is 30.6. The molecule has 438 valence electrons. The molecule has 4 aromatic heterocycles. The second-order valence-electron chi connectivity index (χ2n) is 24.5. The van der Waals surface area contributed by atoms with Gasteiger partial charge < -0.3 is 8.83 Å². The molecule has 0 amide bonds. The maximum absolute atomic E-state index is 6.12. The monoisotopic (exact) mass is 1200 g/mol. The van der Waals surface area contributed by atoms with Crippen molar-refractivity contribution >= 4 is 43.9 Å². The Labute approximate surface area is 540 Å². The van der Waals surface area contributed by atoms with Gasteiger partial charge in [-0.1, -0.05) is 255 Å². The molecule has 2 unspecified atom stereocenters. The number of nitrogens with zero attached hydrogens (tertiary/aromatic N) is 6. The molecule has 0 spiro atoms. The van der Waals surface area contributed by atoms with Gasteiger partial charge in [-0.05, 0) is 126 Å². The van der Waals surface area contributed by atoms with Gasteiger partial charge in [0.2, 0.25) is 0 Å². The van der Waals surface area contributed by atoms with Crippen LogP contribution >= 0.6 is 0 Å². The van der Waals surface area contributed by atoms with Gasteiger partial charge in [-0.3, -0.25) is 0 Å². The second kappa shape index (κ2) is 21.6. The lowest BCUT2D eigenvalue weighted by molar-refractivity contribution is 0.668. The fraction of sp³-hybridized carbons (Fsp3) is 0.0233. The van der Waals surface area contributed by atoms with E-state index in [-0.39, 0.29) is 11.8 Å². The first-order chi connectivity index (χ1) is 46.5. The predicted molar refractivity (Wildman–Crippen MR) is 377 cm³/mol. The minimum Gasteiger partial charge on any atom is -0.456 e. The summed E-state index contributed by atoms with van der Waals surface area (Å²) in [6.07, 6.45) is 0. The van der Waals surface area contributed by atoms with Crippen molar-refractivity contribution in [2.24, 2.45) is 0 Å². The van der Waals surface area contributed by atoms with Crippen molar-refractivity contribution in [3.8, 4) is 113 Å². The van der Waals surface area contributed by atoms with E-state index in [0.717, 1.165) is 111 Å². The smallest absolute Gasteiger partial charge is 0.164 e. The van der Waals surface area contributed by atoms with Crippen LogP contribution in [0.5, 0.6) is 0 Å². The van der Waals surface area contributed by atoms with Crippen LogP contribution in [0.25, 0.3) is 157 Å². The van der Waals surface area contributed by atoms with Gasteiger partial charge >= 0.3 is 0 Å². The number of furan rings is 2. The van der Waals surface area contributed by atoms with Gasteiger partial charge in [-0.2, -0.15) is 0 Å². The van der Waals surface area contributed by atoms with Crippen LogP contribution in [0.3, 0.4) is 0 Å². The Bertz CT molecular complexity index is 5480. The van der Waals surface area contributed by atoms with Crippen LogP contribution in [-0.4, -0.2) is 29.9 Å². The van der Waals surface area contributed by atoms with Crippen molar-refractivity contribution in [2.75, 3.05) is 0 Å². The normalized spacial score (nSPS) is 13.7. The van der Waals surface area contributed by atoms with E-state index in [0.29, 0.717) is 34.9 Å². The Kier molecular flexibility index (Phi) is 12.2. The minimum absolute atomic E-state index is 0.0942. The van der Waals surface area contributed by atoms with Gasteiger partial charge in [0.1, 0.15) is 22.3 Å². The molecular weight excluding hydrogens is 1150 g/mol. The number of hydrogen-bond donors (Lipinski definition) is 0. The molecule has 0 saturated carbocycles. The maximum Gasteiger partial charge on any atom is 0.164 e. The summed E-state index contributed by atoms with van der Waals surface area (Å²) in [6.45, 7) is 0.